The average molecular weight is 535 g/mol. The van der Waals surface area contributed by atoms with Gasteiger partial charge < -0.3 is 10.2 Å². The van der Waals surface area contributed by atoms with Crippen LogP contribution in [0.4, 0.5) is 22.0 Å². The second-order valence-electron chi connectivity index (χ2n) is 9.24. The molecule has 2 fully saturated rings. The number of nitrogens with one attached hydrogen (secondary N) is 1. The SMILES string of the molecule is O=C(NC(c1ccc(C2CC2)c(F)n1)c1ccccc1F)[C@@H]1C[C@@H](F)CN1C(=O)Cn1nnnc1C(F)F. The van der Waals surface area contributed by atoms with E-state index < -0.39 is 67.2 Å². The number of benzene rings is 1. The molecule has 38 heavy (non-hydrogen) atoms. The van der Waals surface area contributed by atoms with Crippen LogP contribution in [-0.4, -0.2) is 60.7 Å². The van der Waals surface area contributed by atoms with E-state index >= 15 is 0 Å². The number of tetrazole rings is 1. The Kier molecular flexibility index (Phi) is 7.04. The molecule has 1 N–H and O–H groups in total. The number of carbonyl (C=O) groups is 2. The topological polar surface area (TPSA) is 106 Å². The van der Waals surface area contributed by atoms with E-state index in [9.17, 15) is 31.5 Å². The van der Waals surface area contributed by atoms with Gasteiger partial charge in [-0.2, -0.15) is 4.39 Å². The summed E-state index contributed by atoms with van der Waals surface area (Å²) in [5.74, 6) is -3.89. The van der Waals surface area contributed by atoms with Gasteiger partial charge in [0.2, 0.25) is 23.6 Å². The van der Waals surface area contributed by atoms with Gasteiger partial charge >= 0.3 is 0 Å². The molecule has 2 aromatic heterocycles. The Morgan fingerprint density at radius 3 is 2.55 bits per heavy atom. The smallest absolute Gasteiger partial charge is 0.298 e. The number of pyridine rings is 1. The Labute approximate surface area is 213 Å². The van der Waals surface area contributed by atoms with Crippen molar-refractivity contribution in [3.63, 3.8) is 0 Å². The van der Waals surface area contributed by atoms with E-state index in [2.05, 4.69) is 25.8 Å². The number of alkyl halides is 3. The first-order valence-electron chi connectivity index (χ1n) is 11.9. The first-order valence-corrected chi connectivity index (χ1v) is 11.9. The van der Waals surface area contributed by atoms with Crippen molar-refractivity contribution in [2.45, 2.75) is 56.4 Å². The van der Waals surface area contributed by atoms with E-state index in [0.717, 1.165) is 17.7 Å². The first-order chi connectivity index (χ1) is 18.2. The highest BCUT2D eigenvalue weighted by molar-refractivity contribution is 5.88. The minimum atomic E-state index is -3.05. The van der Waals surface area contributed by atoms with E-state index in [1.165, 1.54) is 30.3 Å². The van der Waals surface area contributed by atoms with Crippen LogP contribution in [0.25, 0.3) is 0 Å². The molecular formula is C24H22F5N7O2. The fourth-order valence-electron chi connectivity index (χ4n) is 4.59. The van der Waals surface area contributed by atoms with Gasteiger partial charge in [0.15, 0.2) is 0 Å². The van der Waals surface area contributed by atoms with Gasteiger partial charge in [0.25, 0.3) is 6.43 Å². The Morgan fingerprint density at radius 2 is 1.87 bits per heavy atom. The van der Waals surface area contributed by atoms with Crippen molar-refractivity contribution in [3.8, 4) is 0 Å². The summed E-state index contributed by atoms with van der Waals surface area (Å²) in [6, 6.07) is 5.99. The maximum Gasteiger partial charge on any atom is 0.298 e. The summed E-state index contributed by atoms with van der Waals surface area (Å²) in [4.78, 5) is 31.1. The third kappa shape index (κ3) is 5.20. The summed E-state index contributed by atoms with van der Waals surface area (Å²) in [6.45, 7) is -1.20. The molecule has 1 unspecified atom stereocenters. The lowest BCUT2D eigenvalue weighted by molar-refractivity contribution is -0.139. The molecule has 3 heterocycles. The summed E-state index contributed by atoms with van der Waals surface area (Å²) < 4.78 is 70.7. The lowest BCUT2D eigenvalue weighted by Crippen LogP contribution is -2.48. The number of halogens is 5. The molecule has 1 saturated carbocycles. The predicted molar refractivity (Wildman–Crippen MR) is 120 cm³/mol. The summed E-state index contributed by atoms with van der Waals surface area (Å²) in [5.41, 5.74) is 0.453. The lowest BCUT2D eigenvalue weighted by atomic mass is 10.0. The quantitative estimate of drug-likeness (QED) is 0.351. The van der Waals surface area contributed by atoms with Crippen molar-refractivity contribution in [3.05, 3.63) is 70.8 Å². The monoisotopic (exact) mass is 535 g/mol. The van der Waals surface area contributed by atoms with E-state index in [1.54, 1.807) is 6.07 Å². The lowest BCUT2D eigenvalue weighted by Gasteiger charge is -2.27. The Morgan fingerprint density at radius 1 is 1.11 bits per heavy atom. The van der Waals surface area contributed by atoms with Crippen molar-refractivity contribution >= 4 is 11.8 Å². The zero-order chi connectivity index (χ0) is 27.0. The molecule has 1 aliphatic carbocycles. The Hall–Kier alpha value is -3.97. The van der Waals surface area contributed by atoms with Crippen molar-refractivity contribution in [1.29, 1.82) is 0 Å². The van der Waals surface area contributed by atoms with Crippen LogP contribution in [0.3, 0.4) is 0 Å². The van der Waals surface area contributed by atoms with E-state index in [1.807, 2.05) is 0 Å². The molecule has 3 atom stereocenters. The second kappa shape index (κ2) is 10.4. The van der Waals surface area contributed by atoms with Crippen LogP contribution in [-0.2, 0) is 16.1 Å². The van der Waals surface area contributed by atoms with Crippen LogP contribution >= 0.6 is 0 Å². The van der Waals surface area contributed by atoms with Gasteiger partial charge in [-0.05, 0) is 41.3 Å². The van der Waals surface area contributed by atoms with Crippen LogP contribution < -0.4 is 5.32 Å². The van der Waals surface area contributed by atoms with Gasteiger partial charge in [0.1, 0.15) is 24.6 Å². The second-order valence-corrected chi connectivity index (χ2v) is 9.24. The molecule has 2 aliphatic rings. The molecule has 14 heteroatoms. The van der Waals surface area contributed by atoms with E-state index in [-0.39, 0.29) is 23.6 Å². The number of amides is 2. The number of likely N-dealkylation sites (tertiary alicyclic amines) is 1. The first kappa shape index (κ1) is 25.7. The molecule has 5 rings (SSSR count). The molecule has 2 amide bonds. The summed E-state index contributed by atoms with van der Waals surface area (Å²) in [6.07, 6.45) is -3.32. The van der Waals surface area contributed by atoms with Crippen LogP contribution in [0.2, 0.25) is 0 Å². The number of aromatic nitrogens is 5. The van der Waals surface area contributed by atoms with Crippen molar-refractivity contribution in [2.75, 3.05) is 6.54 Å². The maximum absolute atomic E-state index is 14.8. The zero-order valence-electron chi connectivity index (χ0n) is 19.8. The van der Waals surface area contributed by atoms with Gasteiger partial charge in [-0.25, -0.2) is 27.2 Å². The van der Waals surface area contributed by atoms with Crippen LogP contribution in [0, 0.1) is 11.8 Å². The molecular weight excluding hydrogens is 513 g/mol. The summed E-state index contributed by atoms with van der Waals surface area (Å²) >= 11 is 0. The van der Waals surface area contributed by atoms with Gasteiger partial charge in [-0.15, -0.1) is 5.10 Å². The van der Waals surface area contributed by atoms with Crippen LogP contribution in [0.1, 0.15) is 60.3 Å². The average Bonchev–Trinajstić information content (AvgIpc) is 3.48. The normalized spacial score (nSPS) is 20.1. The third-order valence-corrected chi connectivity index (χ3v) is 6.63. The molecule has 0 radical (unpaired) electrons. The standard InChI is InChI=1S/C24H22F5N7O2/c25-13-9-18(35(10-13)19(37)11-36-23(21(27)28)32-33-34-36)24(38)31-20(15-3-1-2-4-16(15)26)17-8-7-14(12-5-6-12)22(29)30-17/h1-4,7-8,12-13,18,20-21H,5-6,9-11H2,(H,31,38)/t13-,18+,20?/m1/s1. The van der Waals surface area contributed by atoms with E-state index in [4.69, 9.17) is 0 Å². The highest BCUT2D eigenvalue weighted by Gasteiger charge is 2.41. The van der Waals surface area contributed by atoms with Crippen LogP contribution in [0.15, 0.2) is 36.4 Å². The number of carbonyl (C=O) groups excluding carboxylic acids is 2. The minimum Gasteiger partial charge on any atom is -0.342 e. The number of hydrogen-bond donors (Lipinski definition) is 1. The predicted octanol–water partition coefficient (Wildman–Crippen LogP) is 3.01. The van der Waals surface area contributed by atoms with E-state index in [0.29, 0.717) is 10.2 Å². The molecule has 9 nitrogen and oxygen atoms in total. The largest absolute Gasteiger partial charge is 0.342 e. The van der Waals surface area contributed by atoms with Crippen LogP contribution in [0.5, 0.6) is 0 Å². The molecule has 1 aliphatic heterocycles. The maximum atomic E-state index is 14.8. The fraction of sp³-hybridized carbons (Fsp3) is 0.417. The van der Waals surface area contributed by atoms with Crippen molar-refractivity contribution in [2.24, 2.45) is 0 Å². The van der Waals surface area contributed by atoms with Crippen molar-refractivity contribution < 1.29 is 31.5 Å². The van der Waals surface area contributed by atoms with Gasteiger partial charge in [-0.1, -0.05) is 24.3 Å². The molecule has 1 saturated heterocycles. The van der Waals surface area contributed by atoms with Gasteiger partial charge in [-0.3, -0.25) is 9.59 Å². The van der Waals surface area contributed by atoms with Gasteiger partial charge in [0, 0.05) is 17.5 Å². The molecule has 3 aromatic rings. The third-order valence-electron chi connectivity index (χ3n) is 6.63. The fourth-order valence-corrected chi connectivity index (χ4v) is 4.59. The molecule has 0 spiro atoms. The van der Waals surface area contributed by atoms with Crippen molar-refractivity contribution in [1.82, 2.24) is 35.4 Å². The Balaban J connectivity index is 1.40. The molecule has 200 valence electrons. The van der Waals surface area contributed by atoms with Gasteiger partial charge in [0.05, 0.1) is 18.3 Å². The number of nitrogens with zero attached hydrogens (tertiary/aromatic N) is 6. The molecule has 1 aromatic carbocycles. The summed E-state index contributed by atoms with van der Waals surface area (Å²) in [7, 11) is 0. The highest BCUT2D eigenvalue weighted by atomic mass is 19.3. The zero-order valence-corrected chi connectivity index (χ0v) is 19.8. The summed E-state index contributed by atoms with van der Waals surface area (Å²) in [5, 5.41) is 12.2. The minimum absolute atomic E-state index is 0.00476. The number of hydrogen-bond acceptors (Lipinski definition) is 6. The molecule has 0 bridgehead atoms. The Bertz CT molecular complexity index is 1350. The number of rotatable bonds is 8. The highest BCUT2D eigenvalue weighted by Crippen LogP contribution is 2.41.